The third kappa shape index (κ3) is 5.21. The van der Waals surface area contributed by atoms with E-state index in [1.54, 1.807) is 54.6 Å². The molecule has 0 unspecified atom stereocenters. The van der Waals surface area contributed by atoms with E-state index in [4.69, 9.17) is 14.7 Å². The second-order valence-corrected chi connectivity index (χ2v) is 6.40. The van der Waals surface area contributed by atoms with Gasteiger partial charge in [-0.2, -0.15) is 5.26 Å². The van der Waals surface area contributed by atoms with E-state index in [0.717, 1.165) is 11.1 Å². The minimum Gasteiger partial charge on any atom is -0.488 e. The first-order valence-corrected chi connectivity index (χ1v) is 9.22. The summed E-state index contributed by atoms with van der Waals surface area (Å²) in [6.07, 6.45) is 3.19. The molecule has 0 saturated heterocycles. The molecule has 3 rings (SSSR count). The van der Waals surface area contributed by atoms with Gasteiger partial charge in [0.1, 0.15) is 12.4 Å². The number of nitrogens with zero attached hydrogens (tertiary/aromatic N) is 1. The number of methoxy groups -OCH3 is 1. The molecule has 0 saturated carbocycles. The Morgan fingerprint density at radius 3 is 2.27 bits per heavy atom. The number of esters is 1. The Morgan fingerprint density at radius 1 is 0.933 bits per heavy atom. The standard InChI is InChI=1S/C25H19NO4/c1-29-25(28)22-12-8-19(9-13-22)17-30-24-5-3-2-4-21(24)14-15-23(27)20-10-6-18(16-26)7-11-20/h2-15H,17H2,1H3. The van der Waals surface area contributed by atoms with Crippen LogP contribution in [0.3, 0.4) is 0 Å². The van der Waals surface area contributed by atoms with Crippen molar-refractivity contribution in [3.05, 3.63) is 107 Å². The topological polar surface area (TPSA) is 76.4 Å². The fraction of sp³-hybridized carbons (Fsp3) is 0.0800. The summed E-state index contributed by atoms with van der Waals surface area (Å²) in [4.78, 5) is 23.9. The van der Waals surface area contributed by atoms with E-state index in [-0.39, 0.29) is 11.8 Å². The number of benzene rings is 3. The average molecular weight is 397 g/mol. The van der Waals surface area contributed by atoms with Gasteiger partial charge in [-0.15, -0.1) is 0 Å². The smallest absolute Gasteiger partial charge is 0.337 e. The van der Waals surface area contributed by atoms with E-state index in [1.807, 2.05) is 30.3 Å². The maximum atomic E-state index is 12.4. The summed E-state index contributed by atoms with van der Waals surface area (Å²) >= 11 is 0. The number of rotatable bonds is 7. The number of carbonyl (C=O) groups is 2. The van der Waals surface area contributed by atoms with Crippen LogP contribution in [-0.2, 0) is 11.3 Å². The highest BCUT2D eigenvalue weighted by atomic mass is 16.5. The van der Waals surface area contributed by atoms with Gasteiger partial charge < -0.3 is 9.47 Å². The number of nitriles is 1. The lowest BCUT2D eigenvalue weighted by Crippen LogP contribution is -2.02. The Labute approximate surface area is 174 Å². The van der Waals surface area contributed by atoms with Crippen molar-refractivity contribution in [3.63, 3.8) is 0 Å². The van der Waals surface area contributed by atoms with Crippen molar-refractivity contribution in [1.82, 2.24) is 0 Å². The van der Waals surface area contributed by atoms with Crippen molar-refractivity contribution >= 4 is 17.8 Å². The van der Waals surface area contributed by atoms with Crippen LogP contribution in [-0.4, -0.2) is 18.9 Å². The highest BCUT2D eigenvalue weighted by molar-refractivity contribution is 6.07. The monoisotopic (exact) mass is 397 g/mol. The van der Waals surface area contributed by atoms with Gasteiger partial charge in [-0.3, -0.25) is 4.79 Å². The second kappa shape index (κ2) is 9.85. The summed E-state index contributed by atoms with van der Waals surface area (Å²) in [5.74, 6) is 0.0935. The van der Waals surface area contributed by atoms with Gasteiger partial charge in [0.2, 0.25) is 0 Å². The number of para-hydroxylation sites is 1. The first-order valence-electron chi connectivity index (χ1n) is 9.22. The van der Waals surface area contributed by atoms with Crippen molar-refractivity contribution in [3.8, 4) is 11.8 Å². The van der Waals surface area contributed by atoms with E-state index >= 15 is 0 Å². The zero-order valence-corrected chi connectivity index (χ0v) is 16.4. The first-order chi connectivity index (χ1) is 14.6. The summed E-state index contributed by atoms with van der Waals surface area (Å²) < 4.78 is 10.6. The highest BCUT2D eigenvalue weighted by Gasteiger charge is 2.06. The summed E-state index contributed by atoms with van der Waals surface area (Å²) in [6, 6.07) is 22.9. The quantitative estimate of drug-likeness (QED) is 0.325. The van der Waals surface area contributed by atoms with Crippen LogP contribution in [0.25, 0.3) is 6.08 Å². The molecule has 30 heavy (non-hydrogen) atoms. The van der Waals surface area contributed by atoms with E-state index < -0.39 is 0 Å². The van der Waals surface area contributed by atoms with E-state index in [2.05, 4.69) is 0 Å². The molecule has 5 heteroatoms. The summed E-state index contributed by atoms with van der Waals surface area (Å²) in [5, 5.41) is 8.85. The molecule has 0 aliphatic heterocycles. The number of ether oxygens (including phenoxy) is 2. The van der Waals surface area contributed by atoms with Gasteiger partial charge >= 0.3 is 5.97 Å². The highest BCUT2D eigenvalue weighted by Crippen LogP contribution is 2.21. The molecule has 0 N–H and O–H groups in total. The molecule has 0 fully saturated rings. The Hall–Kier alpha value is -4.17. The van der Waals surface area contributed by atoms with Crippen molar-refractivity contribution in [2.45, 2.75) is 6.61 Å². The average Bonchev–Trinajstić information content (AvgIpc) is 2.81. The van der Waals surface area contributed by atoms with E-state index in [9.17, 15) is 9.59 Å². The number of allylic oxidation sites excluding steroid dienone is 1. The zero-order valence-electron chi connectivity index (χ0n) is 16.4. The zero-order chi connectivity index (χ0) is 21.3. The van der Waals surface area contributed by atoms with E-state index in [1.165, 1.54) is 13.2 Å². The Kier molecular flexibility index (Phi) is 6.75. The summed E-state index contributed by atoms with van der Waals surface area (Å²) in [7, 11) is 1.34. The molecule has 3 aromatic rings. The molecule has 0 aromatic heterocycles. The minimum absolute atomic E-state index is 0.160. The van der Waals surface area contributed by atoms with Gasteiger partial charge in [-0.05, 0) is 60.2 Å². The number of ketones is 1. The molecular weight excluding hydrogens is 378 g/mol. The van der Waals surface area contributed by atoms with Gasteiger partial charge in [0, 0.05) is 11.1 Å². The lowest BCUT2D eigenvalue weighted by atomic mass is 10.1. The molecule has 148 valence electrons. The van der Waals surface area contributed by atoms with Crippen molar-refractivity contribution in [1.29, 1.82) is 5.26 Å². The van der Waals surface area contributed by atoms with Gasteiger partial charge in [0.05, 0.1) is 24.3 Å². The molecular formula is C25H19NO4. The van der Waals surface area contributed by atoms with Gasteiger partial charge in [0.15, 0.2) is 5.78 Å². The van der Waals surface area contributed by atoms with Crippen LogP contribution >= 0.6 is 0 Å². The largest absolute Gasteiger partial charge is 0.488 e. The predicted molar refractivity (Wildman–Crippen MR) is 113 cm³/mol. The van der Waals surface area contributed by atoms with E-state index in [0.29, 0.717) is 29.0 Å². The van der Waals surface area contributed by atoms with Crippen LogP contribution in [0.5, 0.6) is 5.75 Å². The van der Waals surface area contributed by atoms with Crippen molar-refractivity contribution < 1.29 is 19.1 Å². The molecule has 3 aromatic carbocycles. The molecule has 0 amide bonds. The lowest BCUT2D eigenvalue weighted by Gasteiger charge is -2.09. The molecule has 0 aliphatic carbocycles. The van der Waals surface area contributed by atoms with Crippen molar-refractivity contribution in [2.75, 3.05) is 7.11 Å². The maximum absolute atomic E-state index is 12.4. The van der Waals surface area contributed by atoms with Crippen LogP contribution in [0.15, 0.2) is 78.9 Å². The van der Waals surface area contributed by atoms with Crippen molar-refractivity contribution in [2.24, 2.45) is 0 Å². The molecule has 5 nitrogen and oxygen atoms in total. The van der Waals surface area contributed by atoms with Crippen LogP contribution < -0.4 is 4.74 Å². The Morgan fingerprint density at radius 2 is 1.60 bits per heavy atom. The normalized spacial score (nSPS) is 10.4. The van der Waals surface area contributed by atoms with Gasteiger partial charge in [0.25, 0.3) is 0 Å². The maximum Gasteiger partial charge on any atom is 0.337 e. The molecule has 0 aliphatic rings. The molecule has 0 radical (unpaired) electrons. The molecule has 0 bridgehead atoms. The summed E-state index contributed by atoms with van der Waals surface area (Å²) in [6.45, 7) is 0.315. The van der Waals surface area contributed by atoms with Gasteiger partial charge in [-0.1, -0.05) is 30.3 Å². The first kappa shape index (κ1) is 20.6. The Balaban J connectivity index is 1.68. The minimum atomic E-state index is -0.384. The Bertz CT molecular complexity index is 1110. The number of hydrogen-bond acceptors (Lipinski definition) is 5. The fourth-order valence-electron chi connectivity index (χ4n) is 2.74. The second-order valence-electron chi connectivity index (χ2n) is 6.40. The SMILES string of the molecule is COC(=O)c1ccc(COc2ccccc2C=CC(=O)c2ccc(C#N)cc2)cc1. The fourth-order valence-corrected chi connectivity index (χ4v) is 2.74. The molecule has 0 spiro atoms. The number of carbonyl (C=O) groups excluding carboxylic acids is 2. The predicted octanol–water partition coefficient (Wildman–Crippen LogP) is 4.82. The third-order valence-electron chi connectivity index (χ3n) is 4.40. The van der Waals surface area contributed by atoms with Gasteiger partial charge in [-0.25, -0.2) is 4.79 Å². The molecule has 0 heterocycles. The summed E-state index contributed by atoms with van der Waals surface area (Å²) in [5.41, 5.74) is 3.16. The molecule has 0 atom stereocenters. The lowest BCUT2D eigenvalue weighted by molar-refractivity contribution is 0.0600. The van der Waals surface area contributed by atoms with Crippen LogP contribution in [0.4, 0.5) is 0 Å². The third-order valence-corrected chi connectivity index (χ3v) is 4.40. The van der Waals surface area contributed by atoms with Crippen LogP contribution in [0.2, 0.25) is 0 Å². The van der Waals surface area contributed by atoms with Crippen LogP contribution in [0.1, 0.15) is 37.4 Å². The number of hydrogen-bond donors (Lipinski definition) is 0. The van der Waals surface area contributed by atoms with Crippen LogP contribution in [0, 0.1) is 11.3 Å².